The van der Waals surface area contributed by atoms with Crippen LogP contribution < -0.4 is 5.46 Å². The third-order valence-electron chi connectivity index (χ3n) is 4.03. The predicted octanol–water partition coefficient (Wildman–Crippen LogP) is 3.34. The number of aryl methyl sites for hydroxylation is 1. The van der Waals surface area contributed by atoms with E-state index in [2.05, 4.69) is 0 Å². The minimum absolute atomic E-state index is 0.115. The van der Waals surface area contributed by atoms with Crippen molar-refractivity contribution in [2.75, 3.05) is 0 Å². The van der Waals surface area contributed by atoms with E-state index in [1.165, 1.54) is 0 Å². The molecule has 19 heavy (non-hydrogen) atoms. The van der Waals surface area contributed by atoms with Gasteiger partial charge in [-0.15, -0.1) is 0 Å². The molecule has 0 amide bonds. The molecule has 0 bridgehead atoms. The van der Waals surface area contributed by atoms with Crippen molar-refractivity contribution in [2.45, 2.75) is 52.2 Å². The van der Waals surface area contributed by atoms with Gasteiger partial charge in [0.05, 0.1) is 16.2 Å². The lowest BCUT2D eigenvalue weighted by Crippen LogP contribution is -2.41. The molecular formula is C14H19BClFO2. The van der Waals surface area contributed by atoms with E-state index in [0.29, 0.717) is 12.0 Å². The summed E-state index contributed by atoms with van der Waals surface area (Å²) >= 11 is 5.93. The van der Waals surface area contributed by atoms with Crippen LogP contribution in [0.2, 0.25) is 5.02 Å². The molecule has 2 nitrogen and oxygen atoms in total. The monoisotopic (exact) mass is 284 g/mol. The number of rotatable bonds is 2. The van der Waals surface area contributed by atoms with Crippen LogP contribution >= 0.6 is 11.6 Å². The molecule has 0 unspecified atom stereocenters. The van der Waals surface area contributed by atoms with Crippen LogP contribution in [0.15, 0.2) is 12.1 Å². The van der Waals surface area contributed by atoms with Gasteiger partial charge < -0.3 is 9.31 Å². The van der Waals surface area contributed by atoms with Crippen LogP contribution in [0.1, 0.15) is 40.2 Å². The SMILES string of the molecule is CCc1cc(B2OC(C)(C)C(C)(C)O2)cc(Cl)c1F. The Labute approximate surface area is 119 Å². The summed E-state index contributed by atoms with van der Waals surface area (Å²) in [5.41, 5.74) is 0.523. The van der Waals surface area contributed by atoms with Crippen molar-refractivity contribution in [3.8, 4) is 0 Å². The van der Waals surface area contributed by atoms with Gasteiger partial charge in [0.2, 0.25) is 0 Å². The molecule has 1 aromatic carbocycles. The second-order valence-corrected chi connectivity index (χ2v) is 6.32. The van der Waals surface area contributed by atoms with Gasteiger partial charge in [-0.05, 0) is 51.2 Å². The minimum Gasteiger partial charge on any atom is -0.399 e. The van der Waals surface area contributed by atoms with Crippen LogP contribution in [-0.2, 0) is 15.7 Å². The highest BCUT2D eigenvalue weighted by Crippen LogP contribution is 2.36. The molecule has 0 spiro atoms. The second-order valence-electron chi connectivity index (χ2n) is 5.92. The molecule has 5 heteroatoms. The number of hydrogen-bond acceptors (Lipinski definition) is 2. The molecule has 0 radical (unpaired) electrons. The normalized spacial score (nSPS) is 20.9. The van der Waals surface area contributed by atoms with E-state index in [4.69, 9.17) is 20.9 Å². The van der Waals surface area contributed by atoms with Gasteiger partial charge in [0.25, 0.3) is 0 Å². The van der Waals surface area contributed by atoms with Gasteiger partial charge in [-0.2, -0.15) is 0 Å². The first kappa shape index (κ1) is 14.8. The van der Waals surface area contributed by atoms with Crippen molar-refractivity contribution >= 4 is 24.2 Å². The topological polar surface area (TPSA) is 18.5 Å². The molecule has 1 heterocycles. The van der Waals surface area contributed by atoms with Crippen molar-refractivity contribution in [1.82, 2.24) is 0 Å². The van der Waals surface area contributed by atoms with Gasteiger partial charge in [0.1, 0.15) is 5.82 Å². The highest BCUT2D eigenvalue weighted by Gasteiger charge is 2.51. The Balaban J connectivity index is 2.37. The minimum atomic E-state index is -0.506. The lowest BCUT2D eigenvalue weighted by molar-refractivity contribution is 0.00578. The highest BCUT2D eigenvalue weighted by atomic mass is 35.5. The second kappa shape index (κ2) is 4.76. The van der Waals surface area contributed by atoms with E-state index in [1.807, 2.05) is 34.6 Å². The Morgan fingerprint density at radius 3 is 2.16 bits per heavy atom. The van der Waals surface area contributed by atoms with E-state index in [0.717, 1.165) is 5.46 Å². The third-order valence-corrected chi connectivity index (χ3v) is 4.31. The maximum atomic E-state index is 13.8. The fourth-order valence-electron chi connectivity index (χ4n) is 2.04. The van der Waals surface area contributed by atoms with Crippen molar-refractivity contribution in [3.05, 3.63) is 28.5 Å². The average molecular weight is 285 g/mol. The summed E-state index contributed by atoms with van der Waals surface area (Å²) in [6.45, 7) is 9.83. The van der Waals surface area contributed by atoms with Crippen LogP contribution in [0, 0.1) is 5.82 Å². The zero-order chi connectivity index (χ0) is 14.4. The Kier molecular flexibility index (Phi) is 3.71. The Hall–Kier alpha value is -0.575. The highest BCUT2D eigenvalue weighted by molar-refractivity contribution is 6.62. The van der Waals surface area contributed by atoms with E-state index in [1.54, 1.807) is 12.1 Å². The maximum Gasteiger partial charge on any atom is 0.494 e. The largest absolute Gasteiger partial charge is 0.494 e. The fraction of sp³-hybridized carbons (Fsp3) is 0.571. The van der Waals surface area contributed by atoms with Gasteiger partial charge in [-0.1, -0.05) is 24.6 Å². The standard InChI is InChI=1S/C14H19BClFO2/c1-6-9-7-10(8-11(16)12(9)17)15-18-13(2,3)14(4,5)19-15/h7-8H,6H2,1-5H3. The molecule has 0 aliphatic carbocycles. The van der Waals surface area contributed by atoms with Gasteiger partial charge in [0.15, 0.2) is 0 Å². The Morgan fingerprint density at radius 1 is 1.16 bits per heavy atom. The summed E-state index contributed by atoms with van der Waals surface area (Å²) in [6, 6.07) is 3.35. The average Bonchev–Trinajstić information content (AvgIpc) is 2.52. The van der Waals surface area contributed by atoms with Crippen molar-refractivity contribution in [3.63, 3.8) is 0 Å². The van der Waals surface area contributed by atoms with Crippen molar-refractivity contribution in [2.24, 2.45) is 0 Å². The molecular weight excluding hydrogens is 265 g/mol. The molecule has 0 N–H and O–H groups in total. The summed E-state index contributed by atoms with van der Waals surface area (Å²) in [6.07, 6.45) is 0.582. The van der Waals surface area contributed by atoms with Crippen LogP contribution in [0.3, 0.4) is 0 Å². The van der Waals surface area contributed by atoms with E-state index >= 15 is 0 Å². The Bertz CT molecular complexity index is 486. The van der Waals surface area contributed by atoms with Gasteiger partial charge in [-0.25, -0.2) is 4.39 Å². The van der Waals surface area contributed by atoms with E-state index < -0.39 is 18.3 Å². The molecule has 2 rings (SSSR count). The fourth-order valence-corrected chi connectivity index (χ4v) is 2.29. The zero-order valence-corrected chi connectivity index (χ0v) is 12.8. The van der Waals surface area contributed by atoms with Crippen LogP contribution in [0.4, 0.5) is 4.39 Å². The lowest BCUT2D eigenvalue weighted by Gasteiger charge is -2.32. The van der Waals surface area contributed by atoms with Gasteiger partial charge in [-0.3, -0.25) is 0 Å². The first-order valence-corrected chi connectivity index (χ1v) is 6.89. The summed E-state index contributed by atoms with van der Waals surface area (Å²) in [5.74, 6) is -0.357. The van der Waals surface area contributed by atoms with E-state index in [9.17, 15) is 4.39 Å². The third kappa shape index (κ3) is 2.54. The molecule has 1 aromatic rings. The molecule has 1 saturated heterocycles. The zero-order valence-electron chi connectivity index (χ0n) is 12.0. The number of halogens is 2. The number of hydrogen-bond donors (Lipinski definition) is 0. The molecule has 0 aromatic heterocycles. The van der Waals surface area contributed by atoms with Crippen LogP contribution in [-0.4, -0.2) is 18.3 Å². The smallest absolute Gasteiger partial charge is 0.399 e. The molecule has 0 saturated carbocycles. The van der Waals surface area contributed by atoms with Crippen LogP contribution in [0.5, 0.6) is 0 Å². The summed E-state index contributed by atoms with van der Waals surface area (Å²) in [5, 5.41) is 0.115. The summed E-state index contributed by atoms with van der Waals surface area (Å²) < 4.78 is 25.6. The molecule has 1 fully saturated rings. The Morgan fingerprint density at radius 2 is 1.68 bits per heavy atom. The maximum absolute atomic E-state index is 13.8. The predicted molar refractivity (Wildman–Crippen MR) is 76.5 cm³/mol. The van der Waals surface area contributed by atoms with Gasteiger partial charge in [0, 0.05) is 0 Å². The van der Waals surface area contributed by atoms with E-state index in [-0.39, 0.29) is 10.8 Å². The first-order chi connectivity index (χ1) is 8.68. The van der Waals surface area contributed by atoms with Crippen molar-refractivity contribution in [1.29, 1.82) is 0 Å². The molecule has 104 valence electrons. The molecule has 1 aliphatic rings. The summed E-state index contributed by atoms with van der Waals surface area (Å²) in [7, 11) is -0.506. The molecule has 1 aliphatic heterocycles. The van der Waals surface area contributed by atoms with Crippen LogP contribution in [0.25, 0.3) is 0 Å². The first-order valence-electron chi connectivity index (χ1n) is 6.51. The lowest BCUT2D eigenvalue weighted by atomic mass is 9.78. The van der Waals surface area contributed by atoms with Gasteiger partial charge >= 0.3 is 7.12 Å². The summed E-state index contributed by atoms with van der Waals surface area (Å²) in [4.78, 5) is 0. The molecule has 0 atom stereocenters. The quantitative estimate of drug-likeness (QED) is 0.776. The number of benzene rings is 1. The van der Waals surface area contributed by atoms with Crippen molar-refractivity contribution < 1.29 is 13.7 Å².